The molecule has 1 aromatic rings. The average Bonchev–Trinajstić information content (AvgIpc) is 2.39. The third kappa shape index (κ3) is 5.12. The Morgan fingerprint density at radius 3 is 2.70 bits per heavy atom. The number of amides is 1. The van der Waals surface area contributed by atoms with Gasteiger partial charge in [0.15, 0.2) is 0 Å². The van der Waals surface area contributed by atoms with Gasteiger partial charge in [0.2, 0.25) is 5.91 Å². The molecule has 0 aliphatic carbocycles. The molecule has 1 fully saturated rings. The summed E-state index contributed by atoms with van der Waals surface area (Å²) < 4.78 is 0. The monoisotopic (exact) mass is 297 g/mol. The number of hydrogen-bond acceptors (Lipinski definition) is 3. The summed E-state index contributed by atoms with van der Waals surface area (Å²) in [5.41, 5.74) is 2.17. The summed E-state index contributed by atoms with van der Waals surface area (Å²) in [5, 5.41) is 6.33. The molecule has 2 N–H and O–H groups in total. The van der Waals surface area contributed by atoms with Gasteiger partial charge >= 0.3 is 0 Å². The lowest BCUT2D eigenvalue weighted by molar-refractivity contribution is -0.117. The van der Waals surface area contributed by atoms with Gasteiger partial charge in [0, 0.05) is 31.4 Å². The lowest BCUT2D eigenvalue weighted by Gasteiger charge is -2.31. The van der Waals surface area contributed by atoms with E-state index in [1.54, 1.807) is 0 Å². The summed E-state index contributed by atoms with van der Waals surface area (Å²) >= 11 is 0. The zero-order chi connectivity index (χ0) is 13.7. The highest BCUT2D eigenvalue weighted by molar-refractivity contribution is 5.92. The number of nitrogens with zero attached hydrogens (tertiary/aromatic N) is 1. The van der Waals surface area contributed by atoms with E-state index in [1.807, 2.05) is 12.1 Å². The highest BCUT2D eigenvalue weighted by Gasteiger charge is 2.17. The van der Waals surface area contributed by atoms with Crippen LogP contribution >= 0.6 is 12.4 Å². The molecular weight excluding hydrogens is 274 g/mol. The molecule has 1 saturated heterocycles. The topological polar surface area (TPSA) is 44.4 Å². The molecule has 1 aromatic carbocycles. The van der Waals surface area contributed by atoms with E-state index in [9.17, 15) is 4.79 Å². The maximum absolute atomic E-state index is 12.0. The van der Waals surface area contributed by atoms with Crippen LogP contribution in [0.5, 0.6) is 0 Å². The summed E-state index contributed by atoms with van der Waals surface area (Å²) in [6.07, 6.45) is 1.02. The van der Waals surface area contributed by atoms with E-state index in [0.29, 0.717) is 12.6 Å². The summed E-state index contributed by atoms with van der Waals surface area (Å²) in [6, 6.07) is 8.52. The van der Waals surface area contributed by atoms with Gasteiger partial charge < -0.3 is 10.6 Å². The van der Waals surface area contributed by atoms with Gasteiger partial charge in [-0.3, -0.25) is 9.69 Å². The minimum atomic E-state index is 0. The number of carbonyl (C=O) groups excluding carboxylic acids is 1. The molecular formula is C15H24ClN3O. The number of benzene rings is 1. The molecule has 0 spiro atoms. The fraction of sp³-hybridized carbons (Fsp3) is 0.533. The zero-order valence-corrected chi connectivity index (χ0v) is 13.0. The third-order valence-corrected chi connectivity index (χ3v) is 3.47. The molecule has 5 heteroatoms. The zero-order valence-electron chi connectivity index (χ0n) is 12.2. The molecule has 4 nitrogen and oxygen atoms in total. The number of aryl methyl sites for hydroxylation is 1. The van der Waals surface area contributed by atoms with E-state index in [0.717, 1.165) is 31.7 Å². The lowest BCUT2D eigenvalue weighted by atomic mass is 10.1. The number of rotatable bonds is 4. The molecule has 112 valence electrons. The maximum Gasteiger partial charge on any atom is 0.238 e. The molecule has 2 rings (SSSR count). The Balaban J connectivity index is 0.00000200. The second-order valence-corrected chi connectivity index (χ2v) is 5.19. The van der Waals surface area contributed by atoms with Gasteiger partial charge in [0.1, 0.15) is 0 Å². The number of carbonyl (C=O) groups is 1. The Labute approximate surface area is 127 Å². The molecule has 1 amide bonds. The Morgan fingerprint density at radius 1 is 1.40 bits per heavy atom. The molecule has 0 radical (unpaired) electrons. The smallest absolute Gasteiger partial charge is 0.238 e. The molecule has 0 bridgehead atoms. The van der Waals surface area contributed by atoms with Crippen LogP contribution in [0.25, 0.3) is 0 Å². The molecule has 20 heavy (non-hydrogen) atoms. The average molecular weight is 298 g/mol. The number of hydrogen-bond donors (Lipinski definition) is 2. The van der Waals surface area contributed by atoms with Gasteiger partial charge in [-0.2, -0.15) is 0 Å². The van der Waals surface area contributed by atoms with Crippen LogP contribution in [-0.2, 0) is 11.2 Å². The number of nitrogens with one attached hydrogen (secondary N) is 2. The van der Waals surface area contributed by atoms with Gasteiger partial charge in [-0.25, -0.2) is 0 Å². The predicted molar refractivity (Wildman–Crippen MR) is 85.6 cm³/mol. The first-order chi connectivity index (χ1) is 9.17. The van der Waals surface area contributed by atoms with E-state index < -0.39 is 0 Å². The molecule has 1 aliphatic heterocycles. The molecule has 1 aliphatic rings. The number of halogens is 1. The quantitative estimate of drug-likeness (QED) is 0.892. The fourth-order valence-electron chi connectivity index (χ4n) is 2.38. The Bertz CT molecular complexity index is 422. The third-order valence-electron chi connectivity index (χ3n) is 3.47. The van der Waals surface area contributed by atoms with Gasteiger partial charge in [-0.15, -0.1) is 12.4 Å². The van der Waals surface area contributed by atoms with E-state index in [4.69, 9.17) is 0 Å². The number of piperazine rings is 1. The molecule has 1 unspecified atom stereocenters. The van der Waals surface area contributed by atoms with Crippen LogP contribution in [0.4, 0.5) is 5.69 Å². The van der Waals surface area contributed by atoms with Crippen LogP contribution in [0.3, 0.4) is 0 Å². The van der Waals surface area contributed by atoms with Crippen molar-refractivity contribution in [3.05, 3.63) is 29.8 Å². The molecule has 1 atom stereocenters. The van der Waals surface area contributed by atoms with E-state index >= 15 is 0 Å². The van der Waals surface area contributed by atoms with Crippen LogP contribution in [0.2, 0.25) is 0 Å². The minimum Gasteiger partial charge on any atom is -0.325 e. The van der Waals surface area contributed by atoms with Crippen molar-refractivity contribution in [2.75, 3.05) is 31.5 Å². The van der Waals surface area contributed by atoms with E-state index in [1.165, 1.54) is 5.56 Å². The first-order valence-electron chi connectivity index (χ1n) is 7.02. The maximum atomic E-state index is 12.0. The van der Waals surface area contributed by atoms with Crippen molar-refractivity contribution < 1.29 is 4.79 Å². The first kappa shape index (κ1) is 17.0. The summed E-state index contributed by atoms with van der Waals surface area (Å²) in [7, 11) is 0. The van der Waals surface area contributed by atoms with Gasteiger partial charge in [0.25, 0.3) is 0 Å². The Morgan fingerprint density at radius 2 is 2.10 bits per heavy atom. The van der Waals surface area contributed by atoms with Crippen LogP contribution in [0, 0.1) is 0 Å². The SMILES string of the molecule is CCc1ccc(NC(=O)CN2CCNC(C)C2)cc1.Cl. The van der Waals surface area contributed by atoms with Crippen LogP contribution < -0.4 is 10.6 Å². The van der Waals surface area contributed by atoms with Gasteiger partial charge in [-0.1, -0.05) is 19.1 Å². The van der Waals surface area contributed by atoms with Gasteiger partial charge in [-0.05, 0) is 31.0 Å². The van der Waals surface area contributed by atoms with E-state index in [-0.39, 0.29) is 18.3 Å². The summed E-state index contributed by atoms with van der Waals surface area (Å²) in [5.74, 6) is 0.0679. The highest BCUT2D eigenvalue weighted by atomic mass is 35.5. The van der Waals surface area contributed by atoms with Crippen molar-refractivity contribution in [1.82, 2.24) is 10.2 Å². The number of anilines is 1. The molecule has 0 saturated carbocycles. The summed E-state index contributed by atoms with van der Waals surface area (Å²) in [4.78, 5) is 14.2. The van der Waals surface area contributed by atoms with Gasteiger partial charge in [0.05, 0.1) is 6.54 Å². The van der Waals surface area contributed by atoms with Crippen molar-refractivity contribution in [2.24, 2.45) is 0 Å². The highest BCUT2D eigenvalue weighted by Crippen LogP contribution is 2.10. The van der Waals surface area contributed by atoms with Crippen molar-refractivity contribution in [3.63, 3.8) is 0 Å². The van der Waals surface area contributed by atoms with Crippen molar-refractivity contribution >= 4 is 24.0 Å². The van der Waals surface area contributed by atoms with Crippen molar-refractivity contribution in [1.29, 1.82) is 0 Å². The minimum absolute atomic E-state index is 0. The first-order valence-corrected chi connectivity index (χ1v) is 7.02. The Kier molecular flexibility index (Phi) is 6.99. The largest absolute Gasteiger partial charge is 0.325 e. The van der Waals surface area contributed by atoms with Crippen LogP contribution in [0.1, 0.15) is 19.4 Å². The fourth-order valence-corrected chi connectivity index (χ4v) is 2.38. The normalized spacial score (nSPS) is 19.2. The predicted octanol–water partition coefficient (Wildman–Crippen LogP) is 1.90. The second-order valence-electron chi connectivity index (χ2n) is 5.19. The summed E-state index contributed by atoms with van der Waals surface area (Å²) in [6.45, 7) is 7.57. The van der Waals surface area contributed by atoms with E-state index in [2.05, 4.69) is 41.5 Å². The van der Waals surface area contributed by atoms with Crippen molar-refractivity contribution in [2.45, 2.75) is 26.3 Å². The van der Waals surface area contributed by atoms with Crippen LogP contribution in [-0.4, -0.2) is 43.0 Å². The van der Waals surface area contributed by atoms with Crippen LogP contribution in [0.15, 0.2) is 24.3 Å². The molecule has 0 aromatic heterocycles. The standard InChI is InChI=1S/C15H23N3O.ClH/c1-3-13-4-6-14(7-5-13)17-15(19)11-18-9-8-16-12(2)10-18;/h4-7,12,16H,3,8-11H2,1-2H3,(H,17,19);1H. The Hall–Kier alpha value is -1.10. The molecule has 1 heterocycles. The van der Waals surface area contributed by atoms with Crippen molar-refractivity contribution in [3.8, 4) is 0 Å². The lowest BCUT2D eigenvalue weighted by Crippen LogP contribution is -2.51. The second kappa shape index (κ2) is 8.25.